The fourth-order valence-corrected chi connectivity index (χ4v) is 2.81. The summed E-state index contributed by atoms with van der Waals surface area (Å²) in [7, 11) is 1.67. The second-order valence-electron chi connectivity index (χ2n) is 5.35. The Kier molecular flexibility index (Phi) is 4.97. The van der Waals surface area contributed by atoms with E-state index < -0.39 is 0 Å². The maximum atomic E-state index is 12.5. The zero-order valence-corrected chi connectivity index (χ0v) is 11.2. The van der Waals surface area contributed by atoms with Gasteiger partial charge in [-0.3, -0.25) is 4.79 Å². The van der Waals surface area contributed by atoms with Gasteiger partial charge < -0.3 is 20.1 Å². The van der Waals surface area contributed by atoms with Crippen molar-refractivity contribution in [2.75, 3.05) is 40.0 Å². The lowest BCUT2D eigenvalue weighted by molar-refractivity contribution is -0.137. The largest absolute Gasteiger partial charge is 0.384 e. The predicted molar refractivity (Wildman–Crippen MR) is 68.4 cm³/mol. The molecule has 0 bridgehead atoms. The van der Waals surface area contributed by atoms with Crippen LogP contribution in [0.1, 0.15) is 25.7 Å². The Morgan fingerprint density at radius 3 is 2.89 bits per heavy atom. The van der Waals surface area contributed by atoms with Gasteiger partial charge in [-0.25, -0.2) is 0 Å². The molecule has 2 aliphatic heterocycles. The molecule has 1 amide bonds. The molecule has 0 radical (unpaired) electrons. The second-order valence-corrected chi connectivity index (χ2v) is 5.35. The zero-order valence-electron chi connectivity index (χ0n) is 11.2. The van der Waals surface area contributed by atoms with Gasteiger partial charge in [0.2, 0.25) is 5.91 Å². The molecule has 5 heteroatoms. The Morgan fingerprint density at radius 2 is 2.28 bits per heavy atom. The molecule has 2 rings (SSSR count). The normalized spacial score (nSPS) is 27.7. The number of amides is 1. The van der Waals surface area contributed by atoms with Gasteiger partial charge in [-0.05, 0) is 38.8 Å². The third-order valence-corrected chi connectivity index (χ3v) is 3.96. The molecule has 2 heterocycles. The molecule has 0 spiro atoms. The standard InChI is InChI=1S/C13H24N2O3/c1-17-10-13(4-6-14-7-5-13)12(16)15-11-3-2-8-18-9-11/h11,14H,2-10H2,1H3,(H,15,16). The van der Waals surface area contributed by atoms with Gasteiger partial charge in [0.1, 0.15) is 0 Å². The Morgan fingerprint density at radius 1 is 1.50 bits per heavy atom. The number of carbonyl (C=O) groups excluding carboxylic acids is 1. The summed E-state index contributed by atoms with van der Waals surface area (Å²) < 4.78 is 10.7. The lowest BCUT2D eigenvalue weighted by Crippen LogP contribution is -2.53. The van der Waals surface area contributed by atoms with Gasteiger partial charge in [0.05, 0.1) is 24.7 Å². The molecule has 0 saturated carbocycles. The fourth-order valence-electron chi connectivity index (χ4n) is 2.81. The fraction of sp³-hybridized carbons (Fsp3) is 0.923. The molecule has 1 unspecified atom stereocenters. The summed E-state index contributed by atoms with van der Waals surface area (Å²) in [5.41, 5.74) is -0.350. The van der Waals surface area contributed by atoms with Gasteiger partial charge >= 0.3 is 0 Å². The summed E-state index contributed by atoms with van der Waals surface area (Å²) in [5.74, 6) is 0.140. The molecule has 104 valence electrons. The minimum absolute atomic E-state index is 0.140. The molecular weight excluding hydrogens is 232 g/mol. The van der Waals surface area contributed by atoms with Crippen molar-refractivity contribution in [2.24, 2.45) is 5.41 Å². The minimum Gasteiger partial charge on any atom is -0.384 e. The Bertz CT molecular complexity index is 266. The topological polar surface area (TPSA) is 59.6 Å². The van der Waals surface area contributed by atoms with Gasteiger partial charge in [0.25, 0.3) is 0 Å². The van der Waals surface area contributed by atoms with Crippen LogP contribution in [0.4, 0.5) is 0 Å². The van der Waals surface area contributed by atoms with E-state index in [0.717, 1.165) is 45.4 Å². The SMILES string of the molecule is COCC1(C(=O)NC2CCCOC2)CCNCC1. The van der Waals surface area contributed by atoms with Crippen LogP contribution in [0.2, 0.25) is 0 Å². The maximum absolute atomic E-state index is 12.5. The van der Waals surface area contributed by atoms with Crippen molar-refractivity contribution < 1.29 is 14.3 Å². The van der Waals surface area contributed by atoms with Crippen molar-refractivity contribution in [1.82, 2.24) is 10.6 Å². The monoisotopic (exact) mass is 256 g/mol. The number of hydrogen-bond donors (Lipinski definition) is 2. The molecule has 2 N–H and O–H groups in total. The van der Waals surface area contributed by atoms with E-state index in [1.165, 1.54) is 0 Å². The van der Waals surface area contributed by atoms with Crippen molar-refractivity contribution in [3.8, 4) is 0 Å². The van der Waals surface area contributed by atoms with Crippen molar-refractivity contribution in [3.63, 3.8) is 0 Å². The first-order valence-corrected chi connectivity index (χ1v) is 6.85. The molecule has 2 fully saturated rings. The molecule has 0 aromatic heterocycles. The number of methoxy groups -OCH3 is 1. The summed E-state index contributed by atoms with van der Waals surface area (Å²) in [5, 5.41) is 6.44. The Balaban J connectivity index is 1.94. The van der Waals surface area contributed by atoms with Gasteiger partial charge in [0.15, 0.2) is 0 Å². The smallest absolute Gasteiger partial charge is 0.228 e. The summed E-state index contributed by atoms with van der Waals surface area (Å²) >= 11 is 0. The second kappa shape index (κ2) is 6.50. The van der Waals surface area contributed by atoms with Gasteiger partial charge in [0, 0.05) is 13.7 Å². The quantitative estimate of drug-likeness (QED) is 0.759. The van der Waals surface area contributed by atoms with Crippen LogP contribution in [0.25, 0.3) is 0 Å². The first-order valence-electron chi connectivity index (χ1n) is 6.85. The number of piperidine rings is 1. The summed E-state index contributed by atoms with van der Waals surface area (Å²) in [6.45, 7) is 3.75. The first-order chi connectivity index (χ1) is 8.77. The number of ether oxygens (including phenoxy) is 2. The van der Waals surface area contributed by atoms with Crippen LogP contribution in [0.3, 0.4) is 0 Å². The molecule has 0 aliphatic carbocycles. The average molecular weight is 256 g/mol. The highest BCUT2D eigenvalue weighted by atomic mass is 16.5. The van der Waals surface area contributed by atoms with Crippen LogP contribution in [0.15, 0.2) is 0 Å². The lowest BCUT2D eigenvalue weighted by Gasteiger charge is -2.37. The number of nitrogens with one attached hydrogen (secondary N) is 2. The minimum atomic E-state index is -0.350. The average Bonchev–Trinajstić information content (AvgIpc) is 2.41. The van der Waals surface area contributed by atoms with Crippen molar-refractivity contribution in [3.05, 3.63) is 0 Å². The van der Waals surface area contributed by atoms with Gasteiger partial charge in [-0.2, -0.15) is 0 Å². The number of hydrogen-bond acceptors (Lipinski definition) is 4. The highest BCUT2D eigenvalue weighted by molar-refractivity contribution is 5.83. The molecule has 2 aliphatic rings. The highest BCUT2D eigenvalue weighted by Gasteiger charge is 2.40. The van der Waals surface area contributed by atoms with Crippen LogP contribution in [0.5, 0.6) is 0 Å². The third kappa shape index (κ3) is 3.22. The van der Waals surface area contributed by atoms with Crippen LogP contribution >= 0.6 is 0 Å². The first kappa shape index (κ1) is 13.8. The van der Waals surface area contributed by atoms with E-state index in [0.29, 0.717) is 13.2 Å². The molecule has 1 atom stereocenters. The van der Waals surface area contributed by atoms with Crippen LogP contribution in [-0.2, 0) is 14.3 Å². The number of carbonyl (C=O) groups is 1. The van der Waals surface area contributed by atoms with E-state index in [2.05, 4.69) is 10.6 Å². The zero-order chi connectivity index (χ0) is 12.8. The molecular formula is C13H24N2O3. The summed E-state index contributed by atoms with van der Waals surface area (Å²) in [6, 6.07) is 0.176. The van der Waals surface area contributed by atoms with Crippen molar-refractivity contribution >= 4 is 5.91 Å². The summed E-state index contributed by atoms with van der Waals surface area (Å²) in [6.07, 6.45) is 3.75. The van der Waals surface area contributed by atoms with Gasteiger partial charge in [-0.1, -0.05) is 0 Å². The van der Waals surface area contributed by atoms with E-state index in [-0.39, 0.29) is 17.4 Å². The van der Waals surface area contributed by atoms with E-state index in [4.69, 9.17) is 9.47 Å². The molecule has 0 aromatic rings. The van der Waals surface area contributed by atoms with E-state index >= 15 is 0 Å². The van der Waals surface area contributed by atoms with E-state index in [9.17, 15) is 4.79 Å². The van der Waals surface area contributed by atoms with Gasteiger partial charge in [-0.15, -0.1) is 0 Å². The van der Waals surface area contributed by atoms with E-state index in [1.54, 1.807) is 7.11 Å². The summed E-state index contributed by atoms with van der Waals surface area (Å²) in [4.78, 5) is 12.5. The lowest BCUT2D eigenvalue weighted by atomic mass is 9.78. The molecule has 2 saturated heterocycles. The maximum Gasteiger partial charge on any atom is 0.228 e. The number of rotatable bonds is 4. The van der Waals surface area contributed by atoms with Crippen molar-refractivity contribution in [2.45, 2.75) is 31.7 Å². The van der Waals surface area contributed by atoms with Crippen LogP contribution in [0, 0.1) is 5.41 Å². The molecule has 5 nitrogen and oxygen atoms in total. The molecule has 18 heavy (non-hydrogen) atoms. The van der Waals surface area contributed by atoms with Crippen molar-refractivity contribution in [1.29, 1.82) is 0 Å². The van der Waals surface area contributed by atoms with Crippen LogP contribution in [-0.4, -0.2) is 52.0 Å². The highest BCUT2D eigenvalue weighted by Crippen LogP contribution is 2.29. The molecule has 0 aromatic carbocycles. The third-order valence-electron chi connectivity index (χ3n) is 3.96. The Hall–Kier alpha value is -0.650. The Labute approximate surface area is 109 Å². The van der Waals surface area contributed by atoms with Crippen LogP contribution < -0.4 is 10.6 Å². The van der Waals surface area contributed by atoms with E-state index in [1.807, 2.05) is 0 Å². The predicted octanol–water partition coefficient (Wildman–Crippen LogP) is 0.298.